The van der Waals surface area contributed by atoms with Crippen molar-refractivity contribution in [2.24, 2.45) is 0 Å². The van der Waals surface area contributed by atoms with Crippen LogP contribution in [0.5, 0.6) is 0 Å². The summed E-state index contributed by atoms with van der Waals surface area (Å²) in [6.45, 7) is 3.94. The van der Waals surface area contributed by atoms with Crippen molar-refractivity contribution in [3.63, 3.8) is 0 Å². The molecule has 2 aromatic carbocycles. The van der Waals surface area contributed by atoms with Crippen molar-refractivity contribution in [1.82, 2.24) is 15.5 Å². The molecule has 0 aliphatic rings. The maximum atomic E-state index is 12.2. The number of benzene rings is 2. The molecule has 0 radical (unpaired) electrons. The molecule has 0 saturated carbocycles. The second-order valence-electron chi connectivity index (χ2n) is 6.21. The molecular formula is C20H20ClN3O2. The summed E-state index contributed by atoms with van der Waals surface area (Å²) in [4.78, 5) is 12.2. The van der Waals surface area contributed by atoms with E-state index in [1.54, 1.807) is 6.07 Å². The van der Waals surface area contributed by atoms with Crippen molar-refractivity contribution >= 4 is 17.5 Å². The number of amides is 1. The van der Waals surface area contributed by atoms with Crippen LogP contribution in [0.3, 0.4) is 0 Å². The van der Waals surface area contributed by atoms with Gasteiger partial charge in [-0.25, -0.2) is 0 Å². The highest BCUT2D eigenvalue weighted by molar-refractivity contribution is 6.30. The lowest BCUT2D eigenvalue weighted by atomic mass is 10.1. The van der Waals surface area contributed by atoms with Gasteiger partial charge in [-0.2, -0.15) is 0 Å². The first kappa shape index (κ1) is 18.1. The van der Waals surface area contributed by atoms with E-state index in [1.807, 2.05) is 56.3 Å². The van der Waals surface area contributed by atoms with Crippen LogP contribution in [0.2, 0.25) is 5.02 Å². The highest BCUT2D eigenvalue weighted by atomic mass is 35.5. The molecule has 0 bridgehead atoms. The zero-order chi connectivity index (χ0) is 18.5. The Kier molecular flexibility index (Phi) is 5.68. The van der Waals surface area contributed by atoms with E-state index in [9.17, 15) is 4.79 Å². The number of halogens is 1. The third-order valence-corrected chi connectivity index (χ3v) is 4.29. The summed E-state index contributed by atoms with van der Waals surface area (Å²) in [6, 6.07) is 15.2. The van der Waals surface area contributed by atoms with Crippen LogP contribution in [-0.4, -0.2) is 16.1 Å². The highest BCUT2D eigenvalue weighted by Gasteiger charge is 2.13. The van der Waals surface area contributed by atoms with Crippen LogP contribution in [0.1, 0.15) is 36.4 Å². The van der Waals surface area contributed by atoms with Gasteiger partial charge in [-0.15, -0.1) is 10.2 Å². The van der Waals surface area contributed by atoms with Gasteiger partial charge in [-0.1, -0.05) is 41.4 Å². The zero-order valence-electron chi connectivity index (χ0n) is 14.7. The summed E-state index contributed by atoms with van der Waals surface area (Å²) >= 11 is 5.99. The van der Waals surface area contributed by atoms with Gasteiger partial charge >= 0.3 is 0 Å². The number of rotatable bonds is 6. The van der Waals surface area contributed by atoms with E-state index in [4.69, 9.17) is 16.0 Å². The van der Waals surface area contributed by atoms with Crippen LogP contribution in [0.25, 0.3) is 11.5 Å². The van der Waals surface area contributed by atoms with Crippen LogP contribution < -0.4 is 5.32 Å². The lowest BCUT2D eigenvalue weighted by Gasteiger charge is -2.14. The zero-order valence-corrected chi connectivity index (χ0v) is 15.5. The van der Waals surface area contributed by atoms with E-state index in [2.05, 4.69) is 15.5 Å². The van der Waals surface area contributed by atoms with Gasteiger partial charge in [-0.05, 0) is 43.7 Å². The van der Waals surface area contributed by atoms with Gasteiger partial charge in [-0.3, -0.25) is 4.79 Å². The Bertz CT molecular complexity index is 890. The lowest BCUT2D eigenvalue weighted by Crippen LogP contribution is -2.26. The van der Waals surface area contributed by atoms with E-state index in [0.717, 1.165) is 11.1 Å². The second-order valence-corrected chi connectivity index (χ2v) is 6.65. The molecule has 3 aromatic rings. The third kappa shape index (κ3) is 4.70. The molecule has 26 heavy (non-hydrogen) atoms. The monoisotopic (exact) mass is 369 g/mol. The maximum absolute atomic E-state index is 12.2. The fourth-order valence-corrected chi connectivity index (χ4v) is 2.76. The fourth-order valence-electron chi connectivity index (χ4n) is 2.56. The summed E-state index contributed by atoms with van der Waals surface area (Å²) in [5.41, 5.74) is 3.00. The van der Waals surface area contributed by atoms with Gasteiger partial charge in [0.05, 0.1) is 6.04 Å². The first-order valence-electron chi connectivity index (χ1n) is 8.45. The van der Waals surface area contributed by atoms with E-state index >= 15 is 0 Å². The smallest absolute Gasteiger partial charge is 0.247 e. The number of carbonyl (C=O) groups is 1. The summed E-state index contributed by atoms with van der Waals surface area (Å²) in [5, 5.41) is 11.7. The number of carbonyl (C=O) groups excluding carboxylic acids is 1. The lowest BCUT2D eigenvalue weighted by molar-refractivity contribution is -0.121. The number of nitrogens with one attached hydrogen (secondary N) is 1. The highest BCUT2D eigenvalue weighted by Crippen LogP contribution is 2.19. The molecule has 0 spiro atoms. The molecule has 0 saturated heterocycles. The molecule has 6 heteroatoms. The Labute approximate surface area is 157 Å². The molecule has 1 amide bonds. The summed E-state index contributed by atoms with van der Waals surface area (Å²) in [5.74, 6) is 0.839. The Balaban J connectivity index is 1.54. The Morgan fingerprint density at radius 2 is 1.96 bits per heavy atom. The third-order valence-electron chi connectivity index (χ3n) is 4.06. The van der Waals surface area contributed by atoms with Crippen LogP contribution >= 0.6 is 11.6 Å². The van der Waals surface area contributed by atoms with Gasteiger partial charge in [0.25, 0.3) is 0 Å². The van der Waals surface area contributed by atoms with Crippen molar-refractivity contribution in [3.05, 3.63) is 70.6 Å². The summed E-state index contributed by atoms with van der Waals surface area (Å²) in [7, 11) is 0. The van der Waals surface area contributed by atoms with Gasteiger partial charge < -0.3 is 9.73 Å². The Morgan fingerprint density at radius 1 is 1.19 bits per heavy atom. The predicted octanol–water partition coefficient (Wildman–Crippen LogP) is 4.51. The fraction of sp³-hybridized carbons (Fsp3) is 0.250. The van der Waals surface area contributed by atoms with Crippen LogP contribution in [-0.2, 0) is 11.2 Å². The van der Waals surface area contributed by atoms with Crippen molar-refractivity contribution < 1.29 is 9.21 Å². The quantitative estimate of drug-likeness (QED) is 0.694. The molecule has 134 valence electrons. The molecule has 0 unspecified atom stereocenters. The number of nitrogens with zero attached hydrogens (tertiary/aromatic N) is 2. The van der Waals surface area contributed by atoms with E-state index in [1.165, 1.54) is 5.56 Å². The topological polar surface area (TPSA) is 68.0 Å². The average Bonchev–Trinajstić information content (AvgIpc) is 3.09. The minimum atomic E-state index is -0.119. The van der Waals surface area contributed by atoms with Gasteiger partial charge in [0, 0.05) is 23.4 Å². The van der Waals surface area contributed by atoms with Gasteiger partial charge in [0.2, 0.25) is 17.7 Å². The van der Waals surface area contributed by atoms with Crippen molar-refractivity contribution in [1.29, 1.82) is 0 Å². The van der Waals surface area contributed by atoms with Crippen molar-refractivity contribution in [3.8, 4) is 11.5 Å². The van der Waals surface area contributed by atoms with E-state index in [0.29, 0.717) is 23.2 Å². The molecular weight excluding hydrogens is 350 g/mol. The second kappa shape index (κ2) is 8.15. The minimum Gasteiger partial charge on any atom is -0.421 e. The number of hydrogen-bond acceptors (Lipinski definition) is 4. The van der Waals surface area contributed by atoms with E-state index in [-0.39, 0.29) is 18.4 Å². The molecule has 0 fully saturated rings. The molecule has 0 aliphatic carbocycles. The first-order chi connectivity index (χ1) is 12.5. The van der Waals surface area contributed by atoms with E-state index < -0.39 is 0 Å². The largest absolute Gasteiger partial charge is 0.421 e. The summed E-state index contributed by atoms with van der Waals surface area (Å²) < 4.78 is 5.65. The standard InChI is InChI=1S/C20H20ClN3O2/c1-13-6-8-15(9-7-13)20-24-23-19(26-20)11-10-18(25)22-14(2)16-4-3-5-17(21)12-16/h3-9,12,14H,10-11H2,1-2H3,(H,22,25)/t14-/m0/s1. The summed E-state index contributed by atoms with van der Waals surface area (Å²) in [6.07, 6.45) is 0.674. The number of hydrogen-bond donors (Lipinski definition) is 1. The van der Waals surface area contributed by atoms with Crippen LogP contribution in [0.15, 0.2) is 52.9 Å². The molecule has 3 rings (SSSR count). The predicted molar refractivity (Wildman–Crippen MR) is 101 cm³/mol. The minimum absolute atomic E-state index is 0.0763. The molecule has 0 aliphatic heterocycles. The Morgan fingerprint density at radius 3 is 2.69 bits per heavy atom. The van der Waals surface area contributed by atoms with Crippen molar-refractivity contribution in [2.75, 3.05) is 0 Å². The van der Waals surface area contributed by atoms with Crippen molar-refractivity contribution in [2.45, 2.75) is 32.7 Å². The van der Waals surface area contributed by atoms with Crippen LogP contribution in [0.4, 0.5) is 0 Å². The SMILES string of the molecule is Cc1ccc(-c2nnc(CCC(=O)N[C@@H](C)c3cccc(Cl)c3)o2)cc1. The number of aromatic nitrogens is 2. The molecule has 5 nitrogen and oxygen atoms in total. The Hall–Kier alpha value is -2.66. The first-order valence-corrected chi connectivity index (χ1v) is 8.83. The molecule has 1 atom stereocenters. The van der Waals surface area contributed by atoms with Gasteiger partial charge in [0.1, 0.15) is 0 Å². The van der Waals surface area contributed by atoms with Gasteiger partial charge in [0.15, 0.2) is 0 Å². The normalized spacial score (nSPS) is 12.0. The number of aryl methyl sites for hydroxylation is 2. The van der Waals surface area contributed by atoms with Crippen LogP contribution in [0, 0.1) is 6.92 Å². The molecule has 1 heterocycles. The molecule has 1 aromatic heterocycles. The average molecular weight is 370 g/mol. The maximum Gasteiger partial charge on any atom is 0.247 e. The molecule has 1 N–H and O–H groups in total.